The van der Waals surface area contributed by atoms with Gasteiger partial charge in [-0.15, -0.1) is 0 Å². The molecule has 0 saturated heterocycles. The van der Waals surface area contributed by atoms with E-state index in [2.05, 4.69) is 0 Å². The lowest BCUT2D eigenvalue weighted by atomic mass is 9.84. The summed E-state index contributed by atoms with van der Waals surface area (Å²) in [5, 5.41) is 11.8. The summed E-state index contributed by atoms with van der Waals surface area (Å²) in [5.74, 6) is -0.949. The van der Waals surface area contributed by atoms with Crippen LogP contribution in [-0.2, 0) is 25.5 Å². The van der Waals surface area contributed by atoms with Gasteiger partial charge < -0.3 is 9.84 Å². The molecule has 4 aromatic carbocycles. The third kappa shape index (κ3) is 3.72. The van der Waals surface area contributed by atoms with Crippen molar-refractivity contribution in [2.24, 2.45) is 0 Å². The van der Waals surface area contributed by atoms with Crippen LogP contribution in [0.2, 0.25) is 0 Å². The van der Waals surface area contributed by atoms with Gasteiger partial charge in [-0.2, -0.15) is 0 Å². The molecular weight excluding hydrogens is 400 g/mol. The summed E-state index contributed by atoms with van der Waals surface area (Å²) in [5.41, 5.74) is -2.18. The molecule has 0 radical (unpaired) electrons. The van der Waals surface area contributed by atoms with Crippen LogP contribution in [0.15, 0.2) is 121 Å². The van der Waals surface area contributed by atoms with Gasteiger partial charge in [-0.1, -0.05) is 121 Å². The molecule has 0 amide bonds. The van der Waals surface area contributed by atoms with Crippen LogP contribution in [0.4, 0.5) is 0 Å². The van der Waals surface area contributed by atoms with Crippen LogP contribution in [0.3, 0.4) is 0 Å². The molecule has 0 bridgehead atoms. The van der Waals surface area contributed by atoms with Crippen LogP contribution in [-0.4, -0.2) is 17.4 Å². The molecule has 0 aliphatic carbocycles. The number of rotatable bonds is 7. The van der Waals surface area contributed by atoms with E-state index in [0.717, 1.165) is 0 Å². The molecule has 1 N–H and O–H groups in total. The lowest BCUT2D eigenvalue weighted by Gasteiger charge is -2.34. The van der Waals surface area contributed by atoms with E-state index in [1.165, 1.54) is 0 Å². The Balaban J connectivity index is 1.88. The minimum atomic E-state index is -2.11. The molecule has 0 atom stereocenters. The monoisotopic (exact) mass is 422 g/mol. The Kier molecular flexibility index (Phi) is 5.97. The average Bonchev–Trinajstić information content (AvgIpc) is 2.88. The maximum absolute atomic E-state index is 13.8. The molecule has 32 heavy (non-hydrogen) atoms. The first-order valence-corrected chi connectivity index (χ1v) is 10.3. The summed E-state index contributed by atoms with van der Waals surface area (Å²) < 4.78 is 5.98. The van der Waals surface area contributed by atoms with Crippen LogP contribution >= 0.6 is 0 Å². The highest BCUT2D eigenvalue weighted by Gasteiger charge is 2.47. The predicted octanol–water partition coefficient (Wildman–Crippen LogP) is 4.61. The Morgan fingerprint density at radius 3 is 1.22 bits per heavy atom. The maximum atomic E-state index is 13.8. The lowest BCUT2D eigenvalue weighted by molar-refractivity contribution is -0.176. The van der Waals surface area contributed by atoms with Crippen molar-refractivity contribution in [1.82, 2.24) is 0 Å². The smallest absolute Gasteiger partial charge is 0.349 e. The third-order valence-electron chi connectivity index (χ3n) is 5.50. The molecule has 0 aliphatic heterocycles. The van der Waals surface area contributed by atoms with E-state index in [0.29, 0.717) is 28.5 Å². The Morgan fingerprint density at radius 1 is 0.594 bits per heavy atom. The van der Waals surface area contributed by atoms with E-state index >= 15 is 0 Å². The fourth-order valence-electron chi connectivity index (χ4n) is 3.80. The first-order chi connectivity index (χ1) is 15.6. The zero-order chi connectivity index (χ0) is 22.4. The van der Waals surface area contributed by atoms with Gasteiger partial charge in [0, 0.05) is 11.1 Å². The number of carbonyl (C=O) groups excluding carboxylic acids is 2. The minimum Gasteiger partial charge on any atom is -0.439 e. The zero-order valence-corrected chi connectivity index (χ0v) is 17.3. The van der Waals surface area contributed by atoms with E-state index in [1.54, 1.807) is 109 Å². The number of aldehydes is 1. The normalized spacial score (nSPS) is 11.5. The van der Waals surface area contributed by atoms with Crippen LogP contribution in [0.5, 0.6) is 0 Å². The van der Waals surface area contributed by atoms with Gasteiger partial charge in [-0.3, -0.25) is 4.79 Å². The molecule has 0 unspecified atom stereocenters. The zero-order valence-electron chi connectivity index (χ0n) is 17.3. The van der Waals surface area contributed by atoms with Crippen molar-refractivity contribution < 1.29 is 19.4 Å². The molecule has 0 aliphatic rings. The van der Waals surface area contributed by atoms with Gasteiger partial charge in [0.25, 0.3) is 0 Å². The Bertz CT molecular complexity index is 1090. The van der Waals surface area contributed by atoms with Gasteiger partial charge in [-0.25, -0.2) is 4.79 Å². The molecule has 158 valence electrons. The first kappa shape index (κ1) is 21.2. The highest BCUT2D eigenvalue weighted by atomic mass is 16.6. The predicted molar refractivity (Wildman–Crippen MR) is 122 cm³/mol. The molecule has 0 heterocycles. The van der Waals surface area contributed by atoms with Crippen LogP contribution in [0.1, 0.15) is 22.3 Å². The fraction of sp³-hybridized carbons (Fsp3) is 0.0714. The number of aliphatic hydroxyl groups is 1. The second-order valence-corrected chi connectivity index (χ2v) is 7.42. The van der Waals surface area contributed by atoms with Gasteiger partial charge >= 0.3 is 5.97 Å². The summed E-state index contributed by atoms with van der Waals surface area (Å²) >= 11 is 0. The van der Waals surface area contributed by atoms with Gasteiger partial charge in [0.1, 0.15) is 0 Å². The Hall–Kier alpha value is -4.02. The minimum absolute atomic E-state index is 0.345. The molecule has 0 aromatic heterocycles. The summed E-state index contributed by atoms with van der Waals surface area (Å²) in [4.78, 5) is 26.4. The van der Waals surface area contributed by atoms with E-state index in [1.807, 2.05) is 12.1 Å². The molecule has 0 saturated carbocycles. The van der Waals surface area contributed by atoms with E-state index in [-0.39, 0.29) is 0 Å². The molecule has 4 nitrogen and oxygen atoms in total. The van der Waals surface area contributed by atoms with Crippen LogP contribution < -0.4 is 0 Å². The summed E-state index contributed by atoms with van der Waals surface area (Å²) in [6, 6.07) is 34.7. The van der Waals surface area contributed by atoms with Crippen molar-refractivity contribution in [2.75, 3.05) is 0 Å². The number of ether oxygens (including phenoxy) is 1. The van der Waals surface area contributed by atoms with Crippen LogP contribution in [0, 0.1) is 0 Å². The number of esters is 1. The Labute approximate surface area is 186 Å². The van der Waals surface area contributed by atoms with Crippen molar-refractivity contribution in [3.8, 4) is 0 Å². The molecule has 0 fully saturated rings. The number of hydrogen-bond donors (Lipinski definition) is 1. The Morgan fingerprint density at radius 2 is 0.906 bits per heavy atom. The largest absolute Gasteiger partial charge is 0.439 e. The van der Waals surface area contributed by atoms with E-state index in [4.69, 9.17) is 4.74 Å². The quantitative estimate of drug-likeness (QED) is 0.349. The fourth-order valence-corrected chi connectivity index (χ4v) is 3.80. The second-order valence-electron chi connectivity index (χ2n) is 7.42. The molecule has 4 heteroatoms. The van der Waals surface area contributed by atoms with Crippen molar-refractivity contribution >= 4 is 12.3 Å². The molecule has 4 rings (SSSR count). The summed E-state index contributed by atoms with van der Waals surface area (Å²) in [7, 11) is 0. The van der Waals surface area contributed by atoms with Crippen LogP contribution in [0.25, 0.3) is 0 Å². The van der Waals surface area contributed by atoms with E-state index < -0.39 is 17.2 Å². The summed E-state index contributed by atoms with van der Waals surface area (Å²) in [6.45, 7) is 0. The second kappa shape index (κ2) is 9.00. The van der Waals surface area contributed by atoms with Gasteiger partial charge in [-0.05, 0) is 11.1 Å². The lowest BCUT2D eigenvalue weighted by Crippen LogP contribution is -2.45. The number of benzene rings is 4. The highest BCUT2D eigenvalue weighted by molar-refractivity contribution is 5.88. The number of carbonyl (C=O) groups is 2. The van der Waals surface area contributed by atoms with Crippen molar-refractivity contribution in [1.29, 1.82) is 0 Å². The number of hydrogen-bond acceptors (Lipinski definition) is 4. The van der Waals surface area contributed by atoms with Gasteiger partial charge in [0.15, 0.2) is 6.29 Å². The van der Waals surface area contributed by atoms with Crippen molar-refractivity contribution in [3.05, 3.63) is 144 Å². The van der Waals surface area contributed by atoms with Crippen molar-refractivity contribution in [3.63, 3.8) is 0 Å². The van der Waals surface area contributed by atoms with Crippen molar-refractivity contribution in [2.45, 2.75) is 11.2 Å². The SMILES string of the molecule is O=CC(OC(=O)C(O)(c1ccccc1)c1ccccc1)(c1ccccc1)c1ccccc1. The topological polar surface area (TPSA) is 63.6 Å². The van der Waals surface area contributed by atoms with Gasteiger partial charge in [0.2, 0.25) is 11.2 Å². The average molecular weight is 422 g/mol. The molecule has 0 spiro atoms. The maximum Gasteiger partial charge on any atom is 0.349 e. The highest BCUT2D eigenvalue weighted by Crippen LogP contribution is 2.37. The molecule has 4 aromatic rings. The molecular formula is C28H22O4. The first-order valence-electron chi connectivity index (χ1n) is 10.3. The summed E-state index contributed by atoms with van der Waals surface area (Å²) in [6.07, 6.45) is 0.603. The standard InChI is InChI=1S/C28H22O4/c29-21-27(22-13-5-1-6-14-22,23-15-7-2-8-16-23)32-26(30)28(31,24-17-9-3-10-18-24)25-19-11-4-12-20-25/h1-21,31H. The van der Waals surface area contributed by atoms with Gasteiger partial charge in [0.05, 0.1) is 0 Å². The third-order valence-corrected chi connectivity index (χ3v) is 5.50. The van der Waals surface area contributed by atoms with E-state index in [9.17, 15) is 14.7 Å².